The van der Waals surface area contributed by atoms with Crippen LogP contribution in [0, 0.1) is 0 Å². The van der Waals surface area contributed by atoms with E-state index in [2.05, 4.69) is 37.9 Å². The summed E-state index contributed by atoms with van der Waals surface area (Å²) < 4.78 is 7.96. The molecule has 2 fully saturated rings. The first-order valence-corrected chi connectivity index (χ1v) is 9.73. The highest BCUT2D eigenvalue weighted by molar-refractivity contribution is 5.39. The quantitative estimate of drug-likeness (QED) is 0.841. The minimum Gasteiger partial charge on any atom is -0.493 e. The molecule has 1 aliphatic carbocycles. The van der Waals surface area contributed by atoms with Crippen LogP contribution < -0.4 is 4.74 Å². The van der Waals surface area contributed by atoms with Crippen molar-refractivity contribution in [2.45, 2.75) is 50.5 Å². The Morgan fingerprint density at radius 3 is 3.08 bits per heavy atom. The summed E-state index contributed by atoms with van der Waals surface area (Å²) in [6, 6.07) is 7.39. The summed E-state index contributed by atoms with van der Waals surface area (Å²) in [6.45, 7) is 4.31. The molecule has 1 saturated carbocycles. The highest BCUT2D eigenvalue weighted by atomic mass is 16.5. The van der Waals surface area contributed by atoms with Crippen LogP contribution in [-0.2, 0) is 12.8 Å². The van der Waals surface area contributed by atoms with Gasteiger partial charge in [-0.25, -0.2) is 0 Å². The molecule has 5 rings (SSSR count). The smallest absolute Gasteiger partial charge is 0.137 e. The Balaban J connectivity index is 1.22. The van der Waals surface area contributed by atoms with Gasteiger partial charge in [-0.15, -0.1) is 10.2 Å². The molecule has 0 radical (unpaired) electrons. The lowest BCUT2D eigenvalue weighted by Crippen LogP contribution is -2.36. The molecule has 132 valence electrons. The Bertz CT molecular complexity index is 752. The molecule has 5 heteroatoms. The molecule has 2 aromatic rings. The second-order valence-electron chi connectivity index (χ2n) is 7.76. The molecular formula is C20H26N4O. The van der Waals surface area contributed by atoms with Crippen molar-refractivity contribution in [1.82, 2.24) is 19.7 Å². The van der Waals surface area contributed by atoms with Crippen LogP contribution in [0.15, 0.2) is 24.5 Å². The summed E-state index contributed by atoms with van der Waals surface area (Å²) in [5.74, 6) is 2.85. The lowest BCUT2D eigenvalue weighted by Gasteiger charge is -2.32. The molecule has 25 heavy (non-hydrogen) atoms. The van der Waals surface area contributed by atoms with Crippen LogP contribution >= 0.6 is 0 Å². The molecule has 2 aliphatic heterocycles. The molecule has 5 nitrogen and oxygen atoms in total. The summed E-state index contributed by atoms with van der Waals surface area (Å²) in [6.07, 6.45) is 9.23. The van der Waals surface area contributed by atoms with Gasteiger partial charge in [0, 0.05) is 31.5 Å². The fraction of sp³-hybridized carbons (Fsp3) is 0.600. The third-order valence-corrected chi connectivity index (χ3v) is 5.88. The normalized spacial score (nSPS) is 23.4. The Labute approximate surface area is 149 Å². The highest BCUT2D eigenvalue weighted by Crippen LogP contribution is 2.38. The number of hydrogen-bond acceptors (Lipinski definition) is 4. The monoisotopic (exact) mass is 338 g/mol. The molecule has 3 aliphatic rings. The van der Waals surface area contributed by atoms with E-state index in [-0.39, 0.29) is 0 Å². The van der Waals surface area contributed by atoms with Gasteiger partial charge in [-0.3, -0.25) is 0 Å². The van der Waals surface area contributed by atoms with Gasteiger partial charge in [0.25, 0.3) is 0 Å². The van der Waals surface area contributed by atoms with E-state index in [0.29, 0.717) is 12.0 Å². The van der Waals surface area contributed by atoms with E-state index in [0.717, 1.165) is 38.3 Å². The average Bonchev–Trinajstić information content (AvgIpc) is 3.19. The van der Waals surface area contributed by atoms with Crippen molar-refractivity contribution >= 4 is 0 Å². The number of piperidine rings is 1. The maximum atomic E-state index is 5.61. The van der Waals surface area contributed by atoms with E-state index < -0.39 is 0 Å². The first kappa shape index (κ1) is 15.4. The van der Waals surface area contributed by atoms with E-state index >= 15 is 0 Å². The topological polar surface area (TPSA) is 43.2 Å². The zero-order chi connectivity index (χ0) is 16.6. The lowest BCUT2D eigenvalue weighted by atomic mass is 9.96. The van der Waals surface area contributed by atoms with E-state index in [1.807, 2.05) is 6.33 Å². The second-order valence-corrected chi connectivity index (χ2v) is 7.76. The minimum atomic E-state index is 0.547. The van der Waals surface area contributed by atoms with Crippen LogP contribution in [0.2, 0.25) is 0 Å². The lowest BCUT2D eigenvalue weighted by molar-refractivity contribution is 0.204. The van der Waals surface area contributed by atoms with Gasteiger partial charge in [-0.05, 0) is 55.8 Å². The van der Waals surface area contributed by atoms with Crippen molar-refractivity contribution in [3.05, 3.63) is 41.5 Å². The Kier molecular flexibility index (Phi) is 3.97. The van der Waals surface area contributed by atoms with Gasteiger partial charge >= 0.3 is 0 Å². The van der Waals surface area contributed by atoms with E-state index in [1.165, 1.54) is 49.2 Å². The maximum absolute atomic E-state index is 5.61. The SMILES string of the molecule is c1cc2c(cc1CCN1CCC[C@@H](c3nncn3C3CC3)C1)CCO2. The molecule has 0 spiro atoms. The van der Waals surface area contributed by atoms with Crippen LogP contribution in [0.3, 0.4) is 0 Å². The van der Waals surface area contributed by atoms with Gasteiger partial charge in [0.05, 0.1) is 6.61 Å². The summed E-state index contributed by atoms with van der Waals surface area (Å²) in [4.78, 5) is 2.61. The summed E-state index contributed by atoms with van der Waals surface area (Å²) in [5.41, 5.74) is 2.82. The first-order chi connectivity index (χ1) is 12.4. The van der Waals surface area contributed by atoms with Gasteiger partial charge < -0.3 is 14.2 Å². The molecule has 1 aromatic carbocycles. The molecular weight excluding hydrogens is 312 g/mol. The van der Waals surface area contributed by atoms with Crippen molar-refractivity contribution in [1.29, 1.82) is 0 Å². The molecule has 0 unspecified atom stereocenters. The van der Waals surface area contributed by atoms with Crippen molar-refractivity contribution in [2.75, 3.05) is 26.2 Å². The number of fused-ring (bicyclic) bond motifs is 1. The number of hydrogen-bond donors (Lipinski definition) is 0. The van der Waals surface area contributed by atoms with E-state index in [1.54, 1.807) is 0 Å². The zero-order valence-corrected chi connectivity index (χ0v) is 14.7. The van der Waals surface area contributed by atoms with Crippen LogP contribution in [0.1, 0.15) is 54.6 Å². The van der Waals surface area contributed by atoms with Gasteiger partial charge in [0.1, 0.15) is 17.9 Å². The largest absolute Gasteiger partial charge is 0.493 e. The molecule has 0 amide bonds. The summed E-state index contributed by atoms with van der Waals surface area (Å²) in [7, 11) is 0. The van der Waals surface area contributed by atoms with E-state index in [4.69, 9.17) is 4.74 Å². The van der Waals surface area contributed by atoms with Crippen molar-refractivity contribution in [2.24, 2.45) is 0 Å². The van der Waals surface area contributed by atoms with Gasteiger partial charge in [0.15, 0.2) is 0 Å². The Morgan fingerprint density at radius 1 is 1.20 bits per heavy atom. The molecule has 1 aromatic heterocycles. The number of nitrogens with zero attached hydrogens (tertiary/aromatic N) is 4. The standard InChI is InChI=1S/C20H26N4O/c1-2-17(20-22-21-14-24(20)18-4-5-18)13-23(9-1)10-7-15-3-6-19-16(12-15)8-11-25-19/h3,6,12,14,17-18H,1-2,4-5,7-11,13H2/t17-/m1/s1. The van der Waals surface area contributed by atoms with Crippen molar-refractivity contribution in [3.8, 4) is 5.75 Å². The Hall–Kier alpha value is -1.88. The zero-order valence-electron chi connectivity index (χ0n) is 14.7. The highest BCUT2D eigenvalue weighted by Gasteiger charge is 2.31. The molecule has 0 N–H and O–H groups in total. The fourth-order valence-electron chi connectivity index (χ4n) is 4.33. The van der Waals surface area contributed by atoms with Gasteiger partial charge in [0.2, 0.25) is 0 Å². The predicted octanol–water partition coefficient (Wildman–Crippen LogP) is 2.97. The molecule has 0 bridgehead atoms. The molecule has 1 saturated heterocycles. The van der Waals surface area contributed by atoms with Crippen LogP contribution in [0.4, 0.5) is 0 Å². The number of rotatable bonds is 5. The van der Waals surface area contributed by atoms with Crippen LogP contribution in [0.5, 0.6) is 5.75 Å². The number of ether oxygens (including phenoxy) is 1. The first-order valence-electron chi connectivity index (χ1n) is 9.73. The van der Waals surface area contributed by atoms with Gasteiger partial charge in [-0.1, -0.05) is 12.1 Å². The molecule has 1 atom stereocenters. The maximum Gasteiger partial charge on any atom is 0.137 e. The van der Waals surface area contributed by atoms with Gasteiger partial charge in [-0.2, -0.15) is 0 Å². The number of benzene rings is 1. The second kappa shape index (κ2) is 6.45. The van der Waals surface area contributed by atoms with E-state index in [9.17, 15) is 0 Å². The van der Waals surface area contributed by atoms with Crippen molar-refractivity contribution in [3.63, 3.8) is 0 Å². The summed E-state index contributed by atoms with van der Waals surface area (Å²) >= 11 is 0. The predicted molar refractivity (Wildman–Crippen MR) is 96.1 cm³/mol. The third kappa shape index (κ3) is 3.17. The summed E-state index contributed by atoms with van der Waals surface area (Å²) in [5, 5.41) is 8.66. The Morgan fingerprint density at radius 2 is 2.16 bits per heavy atom. The number of aromatic nitrogens is 3. The third-order valence-electron chi connectivity index (χ3n) is 5.88. The van der Waals surface area contributed by atoms with Crippen LogP contribution in [-0.4, -0.2) is 45.9 Å². The van der Waals surface area contributed by atoms with Crippen LogP contribution in [0.25, 0.3) is 0 Å². The number of likely N-dealkylation sites (tertiary alicyclic amines) is 1. The average molecular weight is 338 g/mol. The van der Waals surface area contributed by atoms with Crippen molar-refractivity contribution < 1.29 is 4.74 Å². The fourth-order valence-corrected chi connectivity index (χ4v) is 4.33. The molecule has 3 heterocycles. The minimum absolute atomic E-state index is 0.547.